The molecule has 0 aliphatic heterocycles. The predicted molar refractivity (Wildman–Crippen MR) is 115 cm³/mol. The van der Waals surface area contributed by atoms with Gasteiger partial charge in [0.1, 0.15) is 0 Å². The average molecular weight is 381 g/mol. The van der Waals surface area contributed by atoms with E-state index in [0.29, 0.717) is 5.56 Å². The van der Waals surface area contributed by atoms with E-state index in [1.54, 1.807) is 11.3 Å². The first-order valence-electron chi connectivity index (χ1n) is 8.97. The lowest BCUT2D eigenvalue weighted by Crippen LogP contribution is -2.14. The molecule has 0 atom stereocenters. The quantitative estimate of drug-likeness (QED) is 0.442. The largest absolute Gasteiger partial charge is 0.321 e. The fourth-order valence-corrected chi connectivity index (χ4v) is 3.71. The van der Waals surface area contributed by atoms with Gasteiger partial charge in [-0.3, -0.25) is 10.2 Å². The summed E-state index contributed by atoms with van der Waals surface area (Å²) in [7, 11) is 0. The van der Waals surface area contributed by atoms with Crippen LogP contribution in [0.25, 0.3) is 10.2 Å². The van der Waals surface area contributed by atoms with E-state index >= 15 is 0 Å². The minimum atomic E-state index is -0.102. The number of nitrogens with zero attached hydrogens (tertiary/aromatic N) is 2. The summed E-state index contributed by atoms with van der Waals surface area (Å²) in [5.74, 6) is -0.102. The third-order valence-electron chi connectivity index (χ3n) is 4.49. The Hall–Kier alpha value is -2.73. The number of hydrogen-bond acceptors (Lipinski definition) is 5. The van der Waals surface area contributed by atoms with E-state index in [9.17, 15) is 4.79 Å². The van der Waals surface area contributed by atoms with Crippen LogP contribution in [0.5, 0.6) is 0 Å². The second kappa shape index (κ2) is 7.88. The molecule has 2 aromatic carbocycles. The molecule has 3 rings (SSSR count). The van der Waals surface area contributed by atoms with Gasteiger partial charge in [0, 0.05) is 17.0 Å². The zero-order valence-corrected chi connectivity index (χ0v) is 17.1. The number of fused-ring (bicyclic) bond motifs is 1. The van der Waals surface area contributed by atoms with Crippen molar-refractivity contribution in [2.75, 3.05) is 10.7 Å². The Bertz CT molecular complexity index is 1040. The van der Waals surface area contributed by atoms with E-state index < -0.39 is 0 Å². The van der Waals surface area contributed by atoms with Gasteiger partial charge in [0.2, 0.25) is 5.13 Å². The molecule has 5 nitrogen and oxygen atoms in total. The molecule has 1 aromatic heterocycles. The van der Waals surface area contributed by atoms with Crippen LogP contribution in [0, 0.1) is 20.8 Å². The van der Waals surface area contributed by atoms with E-state index in [1.165, 1.54) is 0 Å². The first kappa shape index (κ1) is 19.0. The Morgan fingerprint density at radius 1 is 1.22 bits per heavy atom. The summed E-state index contributed by atoms with van der Waals surface area (Å²) in [6, 6.07) is 9.60. The molecule has 0 fully saturated rings. The van der Waals surface area contributed by atoms with Gasteiger partial charge in [-0.2, -0.15) is 5.10 Å². The van der Waals surface area contributed by atoms with Crippen LogP contribution < -0.4 is 10.7 Å². The number of amides is 1. The number of rotatable bonds is 5. The summed E-state index contributed by atoms with van der Waals surface area (Å²) < 4.78 is 1.05. The van der Waals surface area contributed by atoms with Crippen LogP contribution >= 0.6 is 11.3 Å². The summed E-state index contributed by atoms with van der Waals surface area (Å²) in [5.41, 5.74) is 9.54. The van der Waals surface area contributed by atoms with Crippen molar-refractivity contribution >= 4 is 44.0 Å². The van der Waals surface area contributed by atoms with Crippen LogP contribution in [0.2, 0.25) is 0 Å². The number of benzene rings is 2. The van der Waals surface area contributed by atoms with Gasteiger partial charge in [-0.25, -0.2) is 4.98 Å². The van der Waals surface area contributed by atoms with Gasteiger partial charge in [0.05, 0.1) is 10.2 Å². The molecular formula is C21H24N4OS. The first-order valence-corrected chi connectivity index (χ1v) is 9.78. The highest BCUT2D eigenvalue weighted by Gasteiger charge is 2.15. The molecule has 3 aromatic rings. The Morgan fingerprint density at radius 3 is 2.70 bits per heavy atom. The highest BCUT2D eigenvalue weighted by molar-refractivity contribution is 7.22. The van der Waals surface area contributed by atoms with Gasteiger partial charge >= 0.3 is 0 Å². The number of hydrazone groups is 1. The number of anilines is 2. The van der Waals surface area contributed by atoms with Gasteiger partial charge in [-0.05, 0) is 63.4 Å². The fourth-order valence-electron chi connectivity index (χ4n) is 2.82. The Labute approximate surface area is 163 Å². The van der Waals surface area contributed by atoms with Crippen LogP contribution in [0.15, 0.2) is 35.4 Å². The SMILES string of the molecule is CC/C(C)=N\Nc1nc2cc(C)c(NC(=O)c3cccc(C)c3)c(C)c2s1. The second-order valence-corrected chi connectivity index (χ2v) is 7.70. The van der Waals surface area contributed by atoms with Crippen molar-refractivity contribution in [3.63, 3.8) is 0 Å². The van der Waals surface area contributed by atoms with Crippen molar-refractivity contribution in [3.8, 4) is 0 Å². The van der Waals surface area contributed by atoms with Crippen LogP contribution in [0.3, 0.4) is 0 Å². The van der Waals surface area contributed by atoms with E-state index in [0.717, 1.165) is 49.9 Å². The molecular weight excluding hydrogens is 356 g/mol. The number of aryl methyl sites for hydroxylation is 3. The number of thiazole rings is 1. The minimum Gasteiger partial charge on any atom is -0.321 e. The highest BCUT2D eigenvalue weighted by Crippen LogP contribution is 2.35. The summed E-state index contributed by atoms with van der Waals surface area (Å²) in [5, 5.41) is 8.15. The summed E-state index contributed by atoms with van der Waals surface area (Å²) in [4.78, 5) is 17.3. The standard InChI is InChI=1S/C21H24N4OS/c1-6-14(4)24-25-21-22-17-11-13(3)18(15(5)19(17)27-21)23-20(26)16-9-7-8-12(2)10-16/h7-11H,6H2,1-5H3,(H,22,25)(H,23,26)/b24-14-. The fraction of sp³-hybridized carbons (Fsp3) is 0.286. The Balaban J connectivity index is 1.93. The van der Waals surface area contributed by atoms with Crippen molar-refractivity contribution in [2.24, 2.45) is 5.10 Å². The Kier molecular flexibility index (Phi) is 5.56. The van der Waals surface area contributed by atoms with E-state index in [1.807, 2.05) is 58.0 Å². The minimum absolute atomic E-state index is 0.102. The molecule has 6 heteroatoms. The second-order valence-electron chi connectivity index (χ2n) is 6.70. The van der Waals surface area contributed by atoms with Crippen LogP contribution in [-0.2, 0) is 0 Å². The summed E-state index contributed by atoms with van der Waals surface area (Å²) in [6.45, 7) is 10.0. The van der Waals surface area contributed by atoms with Crippen molar-refractivity contribution in [1.29, 1.82) is 0 Å². The maximum Gasteiger partial charge on any atom is 0.255 e. The van der Waals surface area contributed by atoms with Gasteiger partial charge < -0.3 is 5.32 Å². The summed E-state index contributed by atoms with van der Waals surface area (Å²) in [6.07, 6.45) is 0.894. The third kappa shape index (κ3) is 4.17. The topological polar surface area (TPSA) is 66.4 Å². The molecule has 1 amide bonds. The molecule has 140 valence electrons. The van der Waals surface area contributed by atoms with Gasteiger partial charge in [-0.15, -0.1) is 0 Å². The monoisotopic (exact) mass is 380 g/mol. The molecule has 1 heterocycles. The third-order valence-corrected chi connectivity index (χ3v) is 5.58. The predicted octanol–water partition coefficient (Wildman–Crippen LogP) is 5.67. The number of nitrogens with one attached hydrogen (secondary N) is 2. The molecule has 0 aliphatic carbocycles. The number of carbonyl (C=O) groups is 1. The highest BCUT2D eigenvalue weighted by atomic mass is 32.1. The summed E-state index contributed by atoms with van der Waals surface area (Å²) >= 11 is 1.54. The molecule has 0 unspecified atom stereocenters. The van der Waals surface area contributed by atoms with Crippen LogP contribution in [0.4, 0.5) is 10.8 Å². The first-order chi connectivity index (χ1) is 12.9. The normalized spacial score (nSPS) is 11.7. The molecule has 0 bridgehead atoms. The zero-order valence-electron chi connectivity index (χ0n) is 16.3. The smallest absolute Gasteiger partial charge is 0.255 e. The van der Waals surface area contributed by atoms with Crippen molar-refractivity contribution in [2.45, 2.75) is 41.0 Å². The van der Waals surface area contributed by atoms with Gasteiger partial charge in [0.15, 0.2) is 0 Å². The maximum absolute atomic E-state index is 12.7. The van der Waals surface area contributed by atoms with Crippen molar-refractivity contribution in [3.05, 3.63) is 52.6 Å². The molecule has 0 saturated heterocycles. The lowest BCUT2D eigenvalue weighted by molar-refractivity contribution is 0.102. The van der Waals surface area contributed by atoms with Gasteiger partial charge in [0.25, 0.3) is 5.91 Å². The lowest BCUT2D eigenvalue weighted by atomic mass is 10.1. The number of aromatic nitrogens is 1. The molecule has 2 N–H and O–H groups in total. The van der Waals surface area contributed by atoms with Gasteiger partial charge in [-0.1, -0.05) is 36.0 Å². The van der Waals surface area contributed by atoms with Crippen LogP contribution in [-0.4, -0.2) is 16.6 Å². The maximum atomic E-state index is 12.7. The Morgan fingerprint density at radius 2 is 2.00 bits per heavy atom. The molecule has 0 saturated carbocycles. The van der Waals surface area contributed by atoms with Crippen LogP contribution in [0.1, 0.15) is 47.3 Å². The zero-order chi connectivity index (χ0) is 19.6. The number of hydrogen-bond donors (Lipinski definition) is 2. The molecule has 0 spiro atoms. The van der Waals surface area contributed by atoms with E-state index in [-0.39, 0.29) is 5.91 Å². The van der Waals surface area contributed by atoms with E-state index in [4.69, 9.17) is 0 Å². The lowest BCUT2D eigenvalue weighted by Gasteiger charge is -2.12. The molecule has 0 aliphatic rings. The van der Waals surface area contributed by atoms with Crippen molar-refractivity contribution in [1.82, 2.24) is 4.98 Å². The van der Waals surface area contributed by atoms with E-state index in [2.05, 4.69) is 27.8 Å². The van der Waals surface area contributed by atoms with Crippen molar-refractivity contribution < 1.29 is 4.79 Å². The molecule has 27 heavy (non-hydrogen) atoms. The average Bonchev–Trinajstić information content (AvgIpc) is 3.06. The number of carbonyl (C=O) groups excluding carboxylic acids is 1. The molecule has 0 radical (unpaired) electrons.